The van der Waals surface area contributed by atoms with Gasteiger partial charge in [-0.05, 0) is 48.9 Å². The number of halogens is 3. The van der Waals surface area contributed by atoms with E-state index in [2.05, 4.69) is 26.1 Å². The Morgan fingerprint density at radius 2 is 1.77 bits per heavy atom. The maximum atomic E-state index is 12.8. The first-order valence-corrected chi connectivity index (χ1v) is 10.8. The zero-order chi connectivity index (χ0) is 22.1. The number of amides is 1. The summed E-state index contributed by atoms with van der Waals surface area (Å²) in [7, 11) is 0. The predicted molar refractivity (Wildman–Crippen MR) is 124 cm³/mol. The number of aromatic nitrogens is 2. The van der Waals surface area contributed by atoms with E-state index in [-0.39, 0.29) is 11.3 Å². The third-order valence-electron chi connectivity index (χ3n) is 4.87. The first-order valence-electron chi connectivity index (χ1n) is 9.64. The Morgan fingerprint density at radius 3 is 2.40 bits per heavy atom. The summed E-state index contributed by atoms with van der Waals surface area (Å²) in [5.74, 6) is -0.547. The summed E-state index contributed by atoms with van der Waals surface area (Å²) in [5.41, 5.74) is 3.24. The minimum atomic E-state index is -0.417. The zero-order valence-corrected chi connectivity index (χ0v) is 19.6. The minimum Gasteiger partial charge on any atom is -0.350 e. The second-order valence-electron chi connectivity index (χ2n) is 8.27. The summed E-state index contributed by atoms with van der Waals surface area (Å²) in [5, 5.41) is 9.41. The summed E-state index contributed by atoms with van der Waals surface area (Å²) in [6, 6.07) is 14.7. The molecule has 0 radical (unpaired) electrons. The van der Waals surface area contributed by atoms with Gasteiger partial charge in [0.25, 0.3) is 0 Å². The quantitative estimate of drug-likeness (QED) is 0.465. The molecule has 0 saturated carbocycles. The largest absolute Gasteiger partial charge is 0.350 e. The van der Waals surface area contributed by atoms with Gasteiger partial charge in [-0.25, -0.2) is 4.68 Å². The van der Waals surface area contributed by atoms with E-state index in [0.29, 0.717) is 21.6 Å². The van der Waals surface area contributed by atoms with E-state index >= 15 is 0 Å². The number of hydrogen-bond donors (Lipinski definition) is 1. The van der Waals surface area contributed by atoms with Gasteiger partial charge in [-0.15, -0.1) is 0 Å². The molecule has 1 heterocycles. The molecule has 0 aliphatic heterocycles. The summed E-state index contributed by atoms with van der Waals surface area (Å²) in [6.07, 6.45) is 0. The van der Waals surface area contributed by atoms with Crippen molar-refractivity contribution < 1.29 is 4.79 Å². The fourth-order valence-electron chi connectivity index (χ4n) is 3.07. The van der Waals surface area contributed by atoms with Crippen molar-refractivity contribution in [3.8, 4) is 5.69 Å². The summed E-state index contributed by atoms with van der Waals surface area (Å²) in [6.45, 7) is 8.45. The lowest BCUT2D eigenvalue weighted by molar-refractivity contribution is -0.122. The number of nitrogens with zero attached hydrogens (tertiary/aromatic N) is 2. The molecule has 3 rings (SSSR count). The van der Waals surface area contributed by atoms with Gasteiger partial charge >= 0.3 is 0 Å². The molecule has 0 aliphatic rings. The van der Waals surface area contributed by atoms with Crippen molar-refractivity contribution in [2.75, 3.05) is 0 Å². The highest BCUT2D eigenvalue weighted by molar-refractivity contribution is 6.35. The second-order valence-corrected chi connectivity index (χ2v) is 9.55. The van der Waals surface area contributed by atoms with Gasteiger partial charge in [0.15, 0.2) is 0 Å². The van der Waals surface area contributed by atoms with Crippen LogP contribution < -0.4 is 5.32 Å². The van der Waals surface area contributed by atoms with Gasteiger partial charge in [0.1, 0.15) is 0 Å². The van der Waals surface area contributed by atoms with E-state index in [4.69, 9.17) is 39.9 Å². The molecule has 0 aliphatic carbocycles. The molecule has 0 fully saturated rings. The van der Waals surface area contributed by atoms with Gasteiger partial charge in [-0.2, -0.15) is 5.10 Å². The molecule has 3 aromatic rings. The van der Waals surface area contributed by atoms with Crippen LogP contribution in [0.25, 0.3) is 5.69 Å². The lowest BCUT2D eigenvalue weighted by atomic mass is 9.92. The van der Waals surface area contributed by atoms with Crippen LogP contribution in [0, 0.1) is 0 Å². The summed E-state index contributed by atoms with van der Waals surface area (Å²) < 4.78 is 1.83. The fourth-order valence-corrected chi connectivity index (χ4v) is 3.82. The van der Waals surface area contributed by atoms with Crippen molar-refractivity contribution in [2.24, 2.45) is 0 Å². The number of hydrogen-bond acceptors (Lipinski definition) is 2. The standard InChI is InChI=1S/C23H24Cl3N3O/c1-14(19-9-8-16(25)11-20(19)26)22(30)27-13-18-12-21(23(2,3)4)28-29(18)17-7-5-6-15(24)10-17/h5-12,14H,13H2,1-4H3,(H,27,30). The molecule has 7 heteroatoms. The molecule has 0 spiro atoms. The Balaban J connectivity index is 1.85. The van der Waals surface area contributed by atoms with Crippen LogP contribution in [0.5, 0.6) is 0 Å². The third-order valence-corrected chi connectivity index (χ3v) is 5.67. The molecule has 1 N–H and O–H groups in total. The lowest BCUT2D eigenvalue weighted by Gasteiger charge is -2.15. The average Bonchev–Trinajstić information content (AvgIpc) is 3.10. The van der Waals surface area contributed by atoms with E-state index in [9.17, 15) is 4.79 Å². The fraction of sp³-hybridized carbons (Fsp3) is 0.304. The van der Waals surface area contributed by atoms with Crippen molar-refractivity contribution in [3.05, 3.63) is 80.6 Å². The van der Waals surface area contributed by atoms with Crippen molar-refractivity contribution in [2.45, 2.75) is 45.6 Å². The molecular formula is C23H24Cl3N3O. The Hall–Kier alpha value is -2.01. The molecule has 2 aromatic carbocycles. The van der Waals surface area contributed by atoms with Crippen LogP contribution in [0.3, 0.4) is 0 Å². The van der Waals surface area contributed by atoms with Gasteiger partial charge < -0.3 is 5.32 Å². The Labute approximate surface area is 192 Å². The SMILES string of the molecule is CC(C(=O)NCc1cc(C(C)(C)C)nn1-c1cccc(Cl)c1)c1ccc(Cl)cc1Cl. The van der Waals surface area contributed by atoms with Gasteiger partial charge in [0.05, 0.1) is 29.5 Å². The van der Waals surface area contributed by atoms with Gasteiger partial charge in [0, 0.05) is 20.5 Å². The normalized spacial score (nSPS) is 12.6. The monoisotopic (exact) mass is 463 g/mol. The molecule has 30 heavy (non-hydrogen) atoms. The van der Waals surface area contributed by atoms with Crippen LogP contribution in [0.4, 0.5) is 0 Å². The molecule has 1 unspecified atom stereocenters. The molecular weight excluding hydrogens is 441 g/mol. The van der Waals surface area contributed by atoms with Crippen molar-refractivity contribution >= 4 is 40.7 Å². The molecule has 0 bridgehead atoms. The van der Waals surface area contributed by atoms with E-state index in [1.807, 2.05) is 41.9 Å². The van der Waals surface area contributed by atoms with Crippen LogP contribution in [-0.2, 0) is 16.8 Å². The predicted octanol–water partition coefficient (Wildman–Crippen LogP) is 6.55. The molecule has 1 aromatic heterocycles. The highest BCUT2D eigenvalue weighted by atomic mass is 35.5. The Kier molecular flexibility index (Phi) is 6.81. The van der Waals surface area contributed by atoms with Crippen LogP contribution >= 0.6 is 34.8 Å². The Morgan fingerprint density at radius 1 is 1.07 bits per heavy atom. The Bertz CT molecular complexity index is 1070. The number of carbonyl (C=O) groups is 1. The van der Waals surface area contributed by atoms with E-state index < -0.39 is 5.92 Å². The van der Waals surface area contributed by atoms with Crippen LogP contribution in [0.15, 0.2) is 48.5 Å². The number of rotatable bonds is 5. The summed E-state index contributed by atoms with van der Waals surface area (Å²) in [4.78, 5) is 12.8. The first kappa shape index (κ1) is 22.7. The van der Waals surface area contributed by atoms with Crippen LogP contribution in [0.1, 0.15) is 50.6 Å². The molecule has 158 valence electrons. The zero-order valence-electron chi connectivity index (χ0n) is 17.3. The van der Waals surface area contributed by atoms with Gasteiger partial charge in [0.2, 0.25) is 5.91 Å². The maximum Gasteiger partial charge on any atom is 0.227 e. The number of carbonyl (C=O) groups excluding carboxylic acids is 1. The topological polar surface area (TPSA) is 46.9 Å². The minimum absolute atomic E-state index is 0.129. The lowest BCUT2D eigenvalue weighted by Crippen LogP contribution is -2.28. The van der Waals surface area contributed by atoms with Crippen LogP contribution in [0.2, 0.25) is 15.1 Å². The number of benzene rings is 2. The van der Waals surface area contributed by atoms with Crippen LogP contribution in [-0.4, -0.2) is 15.7 Å². The van der Waals surface area contributed by atoms with Crippen molar-refractivity contribution in [1.82, 2.24) is 15.1 Å². The number of nitrogens with one attached hydrogen (secondary N) is 1. The van der Waals surface area contributed by atoms with Gasteiger partial charge in [-0.3, -0.25) is 4.79 Å². The third kappa shape index (κ3) is 5.18. The highest BCUT2D eigenvalue weighted by Gasteiger charge is 2.22. The van der Waals surface area contributed by atoms with E-state index in [1.165, 1.54) is 0 Å². The molecule has 1 atom stereocenters. The second kappa shape index (κ2) is 9.01. The molecule has 0 saturated heterocycles. The van der Waals surface area contributed by atoms with Crippen molar-refractivity contribution in [1.29, 1.82) is 0 Å². The van der Waals surface area contributed by atoms with Gasteiger partial charge in [-0.1, -0.05) is 67.7 Å². The smallest absolute Gasteiger partial charge is 0.227 e. The highest BCUT2D eigenvalue weighted by Crippen LogP contribution is 2.28. The van der Waals surface area contributed by atoms with E-state index in [1.54, 1.807) is 18.2 Å². The maximum absolute atomic E-state index is 12.8. The molecule has 4 nitrogen and oxygen atoms in total. The molecule has 1 amide bonds. The average molecular weight is 465 g/mol. The first-order chi connectivity index (χ1) is 14.1. The summed E-state index contributed by atoms with van der Waals surface area (Å²) >= 11 is 18.4. The van der Waals surface area contributed by atoms with Crippen molar-refractivity contribution in [3.63, 3.8) is 0 Å². The van der Waals surface area contributed by atoms with E-state index in [0.717, 1.165) is 22.6 Å².